The molecule has 1 amide bonds. The Morgan fingerprint density at radius 2 is 1.97 bits per heavy atom. The van der Waals surface area contributed by atoms with Crippen molar-refractivity contribution in [3.63, 3.8) is 0 Å². The van der Waals surface area contributed by atoms with Crippen LogP contribution in [0.1, 0.15) is 65.8 Å². The number of likely N-dealkylation sites (tertiary alicyclic amines) is 1. The van der Waals surface area contributed by atoms with E-state index in [0.717, 1.165) is 62.4 Å². The van der Waals surface area contributed by atoms with Crippen molar-refractivity contribution in [3.05, 3.63) is 46.9 Å². The Morgan fingerprint density at radius 3 is 2.70 bits per heavy atom. The summed E-state index contributed by atoms with van der Waals surface area (Å²) in [6, 6.07) is 5.67. The average Bonchev–Trinajstić information content (AvgIpc) is 3.69. The highest BCUT2D eigenvalue weighted by Crippen LogP contribution is 2.47. The largest absolute Gasteiger partial charge is 0.495 e. The first-order valence-electron chi connectivity index (χ1n) is 13.4. The number of anilines is 2. The zero-order valence-corrected chi connectivity index (χ0v) is 21.9. The third kappa shape index (κ3) is 4.68. The van der Waals surface area contributed by atoms with Gasteiger partial charge < -0.3 is 20.3 Å². The third-order valence-corrected chi connectivity index (χ3v) is 7.82. The molecule has 6 rings (SSSR count). The Labute approximate surface area is 217 Å². The Hall–Kier alpha value is -3.46. The minimum Gasteiger partial charge on any atom is -0.495 e. The van der Waals surface area contributed by atoms with Gasteiger partial charge in [0.15, 0.2) is 0 Å². The molecular weight excluding hydrogens is 466 g/mol. The summed E-state index contributed by atoms with van der Waals surface area (Å²) in [6.45, 7) is 5.03. The lowest BCUT2D eigenvalue weighted by molar-refractivity contribution is 0.0916. The summed E-state index contributed by atoms with van der Waals surface area (Å²) in [7, 11) is 3.73. The molecular formula is C28H35N7O2. The van der Waals surface area contributed by atoms with Crippen molar-refractivity contribution in [1.82, 2.24) is 30.0 Å². The molecule has 2 N–H and O–H groups in total. The van der Waals surface area contributed by atoms with Gasteiger partial charge in [-0.05, 0) is 89.3 Å². The molecule has 0 atom stereocenters. The van der Waals surface area contributed by atoms with Crippen LogP contribution in [-0.2, 0) is 19.4 Å². The normalized spacial score (nSPS) is 17.7. The fourth-order valence-electron chi connectivity index (χ4n) is 5.57. The van der Waals surface area contributed by atoms with Gasteiger partial charge in [0.1, 0.15) is 5.75 Å². The second-order valence-electron chi connectivity index (χ2n) is 10.5. The van der Waals surface area contributed by atoms with Crippen molar-refractivity contribution < 1.29 is 9.53 Å². The molecule has 0 unspecified atom stereocenters. The maximum atomic E-state index is 12.9. The minimum absolute atomic E-state index is 0.0718. The van der Waals surface area contributed by atoms with E-state index in [1.54, 1.807) is 13.2 Å². The summed E-state index contributed by atoms with van der Waals surface area (Å²) in [5.74, 6) is 1.61. The Morgan fingerprint density at radius 1 is 1.16 bits per heavy atom. The zero-order chi connectivity index (χ0) is 25.5. The number of nitrogens with one attached hydrogen (secondary N) is 2. The van der Waals surface area contributed by atoms with Crippen molar-refractivity contribution in [2.24, 2.45) is 0 Å². The van der Waals surface area contributed by atoms with Crippen LogP contribution in [0.15, 0.2) is 24.4 Å². The lowest BCUT2D eigenvalue weighted by atomic mass is 9.92. The molecule has 0 bridgehead atoms. The summed E-state index contributed by atoms with van der Waals surface area (Å²) in [4.78, 5) is 24.8. The summed E-state index contributed by atoms with van der Waals surface area (Å²) in [5, 5.41) is 11.4. The number of piperidine rings is 1. The van der Waals surface area contributed by atoms with E-state index < -0.39 is 0 Å². The molecule has 3 aliphatic rings. The van der Waals surface area contributed by atoms with Crippen LogP contribution in [0.4, 0.5) is 11.6 Å². The van der Waals surface area contributed by atoms with E-state index in [0.29, 0.717) is 23.2 Å². The van der Waals surface area contributed by atoms with Crippen LogP contribution in [0.3, 0.4) is 0 Å². The minimum atomic E-state index is -0.0718. The molecule has 3 heterocycles. The van der Waals surface area contributed by atoms with Gasteiger partial charge >= 0.3 is 0 Å². The summed E-state index contributed by atoms with van der Waals surface area (Å²) >= 11 is 0. The molecule has 9 nitrogen and oxygen atoms in total. The predicted molar refractivity (Wildman–Crippen MR) is 143 cm³/mol. The molecule has 2 aliphatic carbocycles. The Bertz CT molecular complexity index is 1320. The number of carbonyl (C=O) groups is 1. The number of hydrogen-bond donors (Lipinski definition) is 2. The first-order chi connectivity index (χ1) is 18.0. The Balaban J connectivity index is 1.24. The SMILES string of the molecule is CCn1nc2c(c1C1CC1)-c1nc(Nc3ccc(C(=O)NC4CCN(C)CC4)cc3OC)ncc1CC2. The first-order valence-corrected chi connectivity index (χ1v) is 13.4. The lowest BCUT2D eigenvalue weighted by Gasteiger charge is -2.29. The smallest absolute Gasteiger partial charge is 0.251 e. The molecule has 3 aromatic rings. The summed E-state index contributed by atoms with van der Waals surface area (Å²) < 4.78 is 7.81. The number of rotatable bonds is 7. The van der Waals surface area contributed by atoms with E-state index in [9.17, 15) is 4.79 Å². The molecule has 37 heavy (non-hydrogen) atoms. The van der Waals surface area contributed by atoms with Crippen LogP contribution in [0.2, 0.25) is 0 Å². The van der Waals surface area contributed by atoms with Gasteiger partial charge in [-0.25, -0.2) is 9.97 Å². The molecule has 2 aromatic heterocycles. The van der Waals surface area contributed by atoms with Crippen LogP contribution in [0.25, 0.3) is 11.3 Å². The number of hydrogen-bond acceptors (Lipinski definition) is 7. The van der Waals surface area contributed by atoms with Gasteiger partial charge in [0, 0.05) is 35.8 Å². The fraction of sp³-hybridized carbons (Fsp3) is 0.500. The average molecular weight is 502 g/mol. The highest BCUT2D eigenvalue weighted by Gasteiger charge is 2.35. The van der Waals surface area contributed by atoms with Gasteiger partial charge in [-0.15, -0.1) is 0 Å². The van der Waals surface area contributed by atoms with Gasteiger partial charge in [-0.3, -0.25) is 9.48 Å². The van der Waals surface area contributed by atoms with E-state index in [1.807, 2.05) is 18.3 Å². The van der Waals surface area contributed by atoms with Gasteiger partial charge in [-0.1, -0.05) is 0 Å². The highest BCUT2D eigenvalue weighted by atomic mass is 16.5. The molecule has 1 saturated heterocycles. The van der Waals surface area contributed by atoms with E-state index in [-0.39, 0.29) is 11.9 Å². The molecule has 9 heteroatoms. The number of fused-ring (bicyclic) bond motifs is 3. The predicted octanol–water partition coefficient (Wildman–Crippen LogP) is 3.91. The van der Waals surface area contributed by atoms with Crippen molar-refractivity contribution in [2.75, 3.05) is 32.6 Å². The molecule has 1 saturated carbocycles. The van der Waals surface area contributed by atoms with Gasteiger partial charge in [-0.2, -0.15) is 5.10 Å². The summed E-state index contributed by atoms with van der Waals surface area (Å²) in [6.07, 6.45) is 8.14. The number of carbonyl (C=O) groups excluding carboxylic acids is 1. The number of nitrogens with zero attached hydrogens (tertiary/aromatic N) is 5. The molecule has 2 fully saturated rings. The second-order valence-corrected chi connectivity index (χ2v) is 10.5. The van der Waals surface area contributed by atoms with Crippen molar-refractivity contribution in [2.45, 2.75) is 64.0 Å². The van der Waals surface area contributed by atoms with Crippen LogP contribution in [0.5, 0.6) is 5.75 Å². The number of aromatic nitrogens is 4. The van der Waals surface area contributed by atoms with Crippen LogP contribution < -0.4 is 15.4 Å². The topological polar surface area (TPSA) is 97.2 Å². The van der Waals surface area contributed by atoms with Gasteiger partial charge in [0.05, 0.1) is 29.9 Å². The van der Waals surface area contributed by atoms with Crippen LogP contribution in [-0.4, -0.2) is 63.8 Å². The first kappa shape index (κ1) is 23.9. The maximum Gasteiger partial charge on any atom is 0.251 e. The monoisotopic (exact) mass is 501 g/mol. The number of ether oxygens (including phenoxy) is 1. The van der Waals surface area contributed by atoms with Gasteiger partial charge in [0.25, 0.3) is 5.91 Å². The van der Waals surface area contributed by atoms with Crippen molar-refractivity contribution in [1.29, 1.82) is 0 Å². The second kappa shape index (κ2) is 9.78. The van der Waals surface area contributed by atoms with Crippen LogP contribution in [0, 0.1) is 0 Å². The number of benzene rings is 1. The molecule has 1 aliphatic heterocycles. The van der Waals surface area contributed by atoms with E-state index in [2.05, 4.69) is 39.2 Å². The molecule has 0 radical (unpaired) electrons. The quantitative estimate of drug-likeness (QED) is 0.507. The number of aryl methyl sites for hydroxylation is 3. The van der Waals surface area contributed by atoms with Crippen LogP contribution >= 0.6 is 0 Å². The fourth-order valence-corrected chi connectivity index (χ4v) is 5.57. The summed E-state index contributed by atoms with van der Waals surface area (Å²) in [5.41, 5.74) is 7.17. The maximum absolute atomic E-state index is 12.9. The highest BCUT2D eigenvalue weighted by molar-refractivity contribution is 5.95. The zero-order valence-electron chi connectivity index (χ0n) is 21.9. The third-order valence-electron chi connectivity index (χ3n) is 7.82. The lowest BCUT2D eigenvalue weighted by Crippen LogP contribution is -2.43. The van der Waals surface area contributed by atoms with E-state index >= 15 is 0 Å². The van der Waals surface area contributed by atoms with E-state index in [4.69, 9.17) is 14.8 Å². The van der Waals surface area contributed by atoms with Crippen molar-refractivity contribution >= 4 is 17.5 Å². The standard InChI is InChI=1S/C28H35N7O2/c1-4-35-26(17-5-6-17)24-22(33-35)10-8-19-16-29-28(32-25(19)24)31-21-9-7-18(15-23(21)37-3)27(36)30-20-11-13-34(2)14-12-20/h7,9,15-17,20H,4-6,8,10-14H2,1-3H3,(H,30,36)(H,29,31,32). The number of methoxy groups -OCH3 is 1. The number of amides is 1. The molecule has 0 spiro atoms. The van der Waals surface area contributed by atoms with E-state index in [1.165, 1.54) is 29.7 Å². The Kier molecular flexibility index (Phi) is 6.32. The van der Waals surface area contributed by atoms with Gasteiger partial charge in [0.2, 0.25) is 5.95 Å². The molecule has 1 aromatic carbocycles. The van der Waals surface area contributed by atoms with Crippen molar-refractivity contribution in [3.8, 4) is 17.0 Å². The molecule has 194 valence electrons.